The summed E-state index contributed by atoms with van der Waals surface area (Å²) < 4.78 is 0. The lowest BCUT2D eigenvalue weighted by atomic mass is 9.98. The summed E-state index contributed by atoms with van der Waals surface area (Å²) >= 11 is 5.99. The average molecular weight is 283 g/mol. The predicted molar refractivity (Wildman–Crippen MR) is 78.0 cm³/mol. The number of anilines is 1. The number of nitrogens with zero attached hydrogens (tertiary/aromatic N) is 2. The van der Waals surface area contributed by atoms with Gasteiger partial charge in [0.15, 0.2) is 0 Å². The Morgan fingerprint density at radius 1 is 1.20 bits per heavy atom. The fraction of sp³-hybridized carbons (Fsp3) is 0.125. The van der Waals surface area contributed by atoms with Crippen molar-refractivity contribution in [1.29, 1.82) is 5.26 Å². The summed E-state index contributed by atoms with van der Waals surface area (Å²) in [6.45, 7) is 0.560. The fourth-order valence-electron chi connectivity index (χ4n) is 2.48. The van der Waals surface area contributed by atoms with Crippen LogP contribution in [-0.2, 0) is 6.42 Å². The molecule has 0 bridgehead atoms. The van der Waals surface area contributed by atoms with Crippen molar-refractivity contribution in [3.8, 4) is 6.07 Å². The van der Waals surface area contributed by atoms with E-state index >= 15 is 0 Å². The highest BCUT2D eigenvalue weighted by Crippen LogP contribution is 2.29. The second-order valence-electron chi connectivity index (χ2n) is 4.64. The molecule has 0 saturated carbocycles. The lowest BCUT2D eigenvalue weighted by molar-refractivity contribution is 0.0980. The summed E-state index contributed by atoms with van der Waals surface area (Å²) in [6, 6.07) is 14.7. The molecule has 2 aromatic rings. The van der Waals surface area contributed by atoms with Gasteiger partial charge in [0, 0.05) is 17.1 Å². The highest BCUT2D eigenvalue weighted by atomic mass is 35.5. The molecule has 4 heteroatoms. The van der Waals surface area contributed by atoms with Crippen molar-refractivity contribution in [2.75, 3.05) is 11.4 Å². The smallest absolute Gasteiger partial charge is 0.258 e. The molecule has 1 aliphatic rings. The van der Waals surface area contributed by atoms with E-state index in [-0.39, 0.29) is 5.91 Å². The van der Waals surface area contributed by atoms with Crippen molar-refractivity contribution < 1.29 is 4.79 Å². The first kappa shape index (κ1) is 12.7. The van der Waals surface area contributed by atoms with Gasteiger partial charge < -0.3 is 4.90 Å². The lowest BCUT2D eigenvalue weighted by Gasteiger charge is -2.29. The molecule has 0 N–H and O–H groups in total. The van der Waals surface area contributed by atoms with Crippen molar-refractivity contribution in [2.45, 2.75) is 6.42 Å². The van der Waals surface area contributed by atoms with Crippen LogP contribution in [0.2, 0.25) is 5.02 Å². The number of nitriles is 1. The van der Waals surface area contributed by atoms with Crippen LogP contribution in [0, 0.1) is 11.3 Å². The van der Waals surface area contributed by atoms with E-state index < -0.39 is 0 Å². The van der Waals surface area contributed by atoms with E-state index in [2.05, 4.69) is 6.07 Å². The zero-order chi connectivity index (χ0) is 14.1. The Labute approximate surface area is 122 Å². The number of halogens is 1. The molecule has 98 valence electrons. The molecular formula is C16H11ClN2O. The molecule has 3 nitrogen and oxygen atoms in total. The molecule has 0 atom stereocenters. The number of rotatable bonds is 1. The zero-order valence-electron chi connectivity index (χ0n) is 10.6. The zero-order valence-corrected chi connectivity index (χ0v) is 11.4. The number of carbonyl (C=O) groups is 1. The number of amides is 1. The molecule has 0 fully saturated rings. The summed E-state index contributed by atoms with van der Waals surface area (Å²) in [6.07, 6.45) is 0.777. The molecule has 1 aliphatic heterocycles. The van der Waals surface area contributed by atoms with Crippen molar-refractivity contribution in [3.05, 3.63) is 64.2 Å². The third kappa shape index (κ3) is 2.04. The SMILES string of the molecule is N#Cc1ccc(Cl)cc1N1CCc2ccccc2C1=O. The molecule has 3 rings (SSSR count). The number of benzene rings is 2. The van der Waals surface area contributed by atoms with Gasteiger partial charge in [-0.15, -0.1) is 0 Å². The highest BCUT2D eigenvalue weighted by Gasteiger charge is 2.26. The summed E-state index contributed by atoms with van der Waals surface area (Å²) in [5.74, 6) is -0.0781. The molecule has 1 amide bonds. The van der Waals surface area contributed by atoms with Gasteiger partial charge in [-0.05, 0) is 36.2 Å². The van der Waals surface area contributed by atoms with Gasteiger partial charge in [0.2, 0.25) is 0 Å². The van der Waals surface area contributed by atoms with Crippen LogP contribution in [0.4, 0.5) is 5.69 Å². The van der Waals surface area contributed by atoms with Gasteiger partial charge in [-0.2, -0.15) is 5.26 Å². The van der Waals surface area contributed by atoms with E-state index in [1.54, 1.807) is 23.1 Å². The van der Waals surface area contributed by atoms with Crippen molar-refractivity contribution >= 4 is 23.2 Å². The van der Waals surface area contributed by atoms with Crippen LogP contribution in [0.1, 0.15) is 21.5 Å². The third-order valence-corrected chi connectivity index (χ3v) is 3.70. The predicted octanol–water partition coefficient (Wildman–Crippen LogP) is 3.41. The standard InChI is InChI=1S/C16H11ClN2O/c17-13-6-5-12(10-18)15(9-13)19-8-7-11-3-1-2-4-14(11)16(19)20/h1-6,9H,7-8H2. The van der Waals surface area contributed by atoms with Gasteiger partial charge in [-0.25, -0.2) is 0 Å². The van der Waals surface area contributed by atoms with Crippen LogP contribution in [-0.4, -0.2) is 12.5 Å². The van der Waals surface area contributed by atoms with Crippen LogP contribution in [0.15, 0.2) is 42.5 Å². The Hall–Kier alpha value is -2.31. The largest absolute Gasteiger partial charge is 0.307 e. The summed E-state index contributed by atoms with van der Waals surface area (Å²) in [4.78, 5) is 14.2. The molecule has 0 saturated heterocycles. The normalized spacial score (nSPS) is 13.8. The van der Waals surface area contributed by atoms with Gasteiger partial charge in [-0.1, -0.05) is 29.8 Å². The molecule has 1 heterocycles. The maximum absolute atomic E-state index is 12.6. The van der Waals surface area contributed by atoms with Gasteiger partial charge in [-0.3, -0.25) is 4.79 Å². The Kier molecular flexibility index (Phi) is 3.17. The first-order chi connectivity index (χ1) is 9.70. The number of carbonyl (C=O) groups excluding carboxylic acids is 1. The first-order valence-corrected chi connectivity index (χ1v) is 6.68. The van der Waals surface area contributed by atoms with E-state index in [1.807, 2.05) is 24.3 Å². The van der Waals surface area contributed by atoms with E-state index in [0.717, 1.165) is 12.0 Å². The van der Waals surface area contributed by atoms with E-state index in [9.17, 15) is 10.1 Å². The first-order valence-electron chi connectivity index (χ1n) is 6.30. The molecule has 0 spiro atoms. The molecule has 0 aromatic heterocycles. The second-order valence-corrected chi connectivity index (χ2v) is 5.07. The van der Waals surface area contributed by atoms with E-state index in [4.69, 9.17) is 11.6 Å². The van der Waals surface area contributed by atoms with Crippen LogP contribution >= 0.6 is 11.6 Å². The maximum Gasteiger partial charge on any atom is 0.258 e. The Balaban J connectivity index is 2.08. The van der Waals surface area contributed by atoms with Crippen LogP contribution in [0.25, 0.3) is 0 Å². The van der Waals surface area contributed by atoms with Crippen LogP contribution in [0.3, 0.4) is 0 Å². The van der Waals surface area contributed by atoms with E-state index in [0.29, 0.717) is 28.4 Å². The minimum Gasteiger partial charge on any atom is -0.307 e. The van der Waals surface area contributed by atoms with Gasteiger partial charge in [0.25, 0.3) is 5.91 Å². The van der Waals surface area contributed by atoms with Crippen LogP contribution < -0.4 is 4.90 Å². The van der Waals surface area contributed by atoms with Gasteiger partial charge >= 0.3 is 0 Å². The molecule has 0 radical (unpaired) electrons. The topological polar surface area (TPSA) is 44.1 Å². The molecule has 0 unspecified atom stereocenters. The summed E-state index contributed by atoms with van der Waals surface area (Å²) in [7, 11) is 0. The lowest BCUT2D eigenvalue weighted by Crippen LogP contribution is -2.38. The minimum atomic E-state index is -0.0781. The monoisotopic (exact) mass is 282 g/mol. The molecule has 2 aromatic carbocycles. The number of hydrogen-bond donors (Lipinski definition) is 0. The Bertz CT molecular complexity index is 733. The highest BCUT2D eigenvalue weighted by molar-refractivity contribution is 6.31. The molecule has 0 aliphatic carbocycles. The van der Waals surface area contributed by atoms with Gasteiger partial charge in [0.05, 0.1) is 11.3 Å². The van der Waals surface area contributed by atoms with Crippen molar-refractivity contribution in [2.24, 2.45) is 0 Å². The quantitative estimate of drug-likeness (QED) is 0.804. The Morgan fingerprint density at radius 3 is 2.80 bits per heavy atom. The summed E-state index contributed by atoms with van der Waals surface area (Å²) in [5, 5.41) is 9.71. The number of fused-ring (bicyclic) bond motifs is 1. The molecular weight excluding hydrogens is 272 g/mol. The third-order valence-electron chi connectivity index (χ3n) is 3.47. The summed E-state index contributed by atoms with van der Waals surface area (Å²) in [5.41, 5.74) is 2.79. The van der Waals surface area contributed by atoms with E-state index in [1.165, 1.54) is 0 Å². The average Bonchev–Trinajstić information content (AvgIpc) is 2.48. The van der Waals surface area contributed by atoms with Crippen molar-refractivity contribution in [3.63, 3.8) is 0 Å². The second kappa shape index (κ2) is 4.99. The van der Waals surface area contributed by atoms with Gasteiger partial charge in [0.1, 0.15) is 6.07 Å². The molecule has 20 heavy (non-hydrogen) atoms. The number of hydrogen-bond acceptors (Lipinski definition) is 2. The fourth-order valence-corrected chi connectivity index (χ4v) is 2.64. The van der Waals surface area contributed by atoms with Crippen LogP contribution in [0.5, 0.6) is 0 Å². The minimum absolute atomic E-state index is 0.0781. The maximum atomic E-state index is 12.6. The Morgan fingerprint density at radius 2 is 2.00 bits per heavy atom. The van der Waals surface area contributed by atoms with Crippen molar-refractivity contribution in [1.82, 2.24) is 0 Å².